The van der Waals surface area contributed by atoms with Gasteiger partial charge in [-0.15, -0.1) is 0 Å². The van der Waals surface area contributed by atoms with Crippen LogP contribution in [0.15, 0.2) is 36.4 Å². The Labute approximate surface area is 182 Å². The van der Waals surface area contributed by atoms with Crippen LogP contribution in [0.3, 0.4) is 0 Å². The highest BCUT2D eigenvalue weighted by Crippen LogP contribution is 2.29. The van der Waals surface area contributed by atoms with E-state index in [1.807, 2.05) is 24.8 Å². The number of carbonyl (C=O) groups excluding carboxylic acids is 2. The van der Waals surface area contributed by atoms with Gasteiger partial charge < -0.3 is 19.7 Å². The van der Waals surface area contributed by atoms with Gasteiger partial charge in [-0.1, -0.05) is 17.7 Å². The Morgan fingerprint density at radius 2 is 1.80 bits per heavy atom. The summed E-state index contributed by atoms with van der Waals surface area (Å²) in [7, 11) is 0. The summed E-state index contributed by atoms with van der Waals surface area (Å²) in [6.07, 6.45) is 3.23. The van der Waals surface area contributed by atoms with Crippen molar-refractivity contribution in [3.63, 3.8) is 0 Å². The Kier molecular flexibility index (Phi) is 7.57. The Hall–Kier alpha value is -2.73. The molecule has 2 aromatic rings. The predicted octanol–water partition coefficient (Wildman–Crippen LogP) is 4.69. The predicted molar refractivity (Wildman–Crippen MR) is 118 cm³/mol. The molecule has 0 bridgehead atoms. The lowest BCUT2D eigenvalue weighted by atomic mass is 10.1. The van der Waals surface area contributed by atoms with Crippen molar-refractivity contribution in [2.45, 2.75) is 33.1 Å². The van der Waals surface area contributed by atoms with E-state index in [0.717, 1.165) is 37.9 Å². The van der Waals surface area contributed by atoms with E-state index in [1.54, 1.807) is 30.3 Å². The van der Waals surface area contributed by atoms with Gasteiger partial charge in [-0.05, 0) is 69.0 Å². The normalized spacial score (nSPS) is 13.6. The van der Waals surface area contributed by atoms with Crippen LogP contribution in [0.4, 0.5) is 5.69 Å². The average Bonchev–Trinajstić information content (AvgIpc) is 2.76. The molecule has 0 atom stereocenters. The number of anilines is 1. The number of ether oxygens (including phenoxy) is 2. The number of piperidine rings is 1. The minimum absolute atomic E-state index is 0.0320. The van der Waals surface area contributed by atoms with Gasteiger partial charge in [0, 0.05) is 29.4 Å². The van der Waals surface area contributed by atoms with Crippen LogP contribution in [0.5, 0.6) is 11.5 Å². The van der Waals surface area contributed by atoms with Gasteiger partial charge >= 0.3 is 0 Å². The minimum Gasteiger partial charge on any atom is -0.490 e. The summed E-state index contributed by atoms with van der Waals surface area (Å²) in [5.74, 6) is 0.560. The maximum absolute atomic E-state index is 12.7. The maximum Gasteiger partial charge on any atom is 0.260 e. The Morgan fingerprint density at radius 3 is 2.53 bits per heavy atom. The fourth-order valence-electron chi connectivity index (χ4n) is 3.33. The van der Waals surface area contributed by atoms with Crippen molar-refractivity contribution in [1.29, 1.82) is 0 Å². The Morgan fingerprint density at radius 1 is 1.03 bits per heavy atom. The Bertz CT molecular complexity index is 910. The second-order valence-electron chi connectivity index (χ2n) is 7.24. The van der Waals surface area contributed by atoms with Crippen LogP contribution in [0, 0.1) is 6.92 Å². The van der Waals surface area contributed by atoms with Crippen LogP contribution >= 0.6 is 11.6 Å². The molecule has 7 heteroatoms. The zero-order valence-corrected chi connectivity index (χ0v) is 18.1. The first-order chi connectivity index (χ1) is 14.5. The summed E-state index contributed by atoms with van der Waals surface area (Å²) in [5.41, 5.74) is 1.99. The molecular weight excluding hydrogens is 404 g/mol. The third-order valence-electron chi connectivity index (χ3n) is 5.01. The summed E-state index contributed by atoms with van der Waals surface area (Å²) in [6.45, 7) is 5.67. The summed E-state index contributed by atoms with van der Waals surface area (Å²) >= 11 is 6.03. The van der Waals surface area contributed by atoms with E-state index >= 15 is 0 Å². The first-order valence-corrected chi connectivity index (χ1v) is 10.6. The number of nitrogens with zero attached hydrogens (tertiary/aromatic N) is 1. The quantitative estimate of drug-likeness (QED) is 0.691. The van der Waals surface area contributed by atoms with Gasteiger partial charge in [-0.3, -0.25) is 9.59 Å². The number of benzene rings is 2. The van der Waals surface area contributed by atoms with Crippen molar-refractivity contribution in [2.24, 2.45) is 0 Å². The van der Waals surface area contributed by atoms with Crippen LogP contribution in [0.25, 0.3) is 0 Å². The monoisotopic (exact) mass is 430 g/mol. The zero-order valence-electron chi connectivity index (χ0n) is 17.4. The van der Waals surface area contributed by atoms with E-state index in [1.165, 1.54) is 0 Å². The van der Waals surface area contributed by atoms with E-state index in [9.17, 15) is 9.59 Å². The fraction of sp³-hybridized carbons (Fsp3) is 0.391. The van der Waals surface area contributed by atoms with Crippen molar-refractivity contribution in [3.05, 3.63) is 52.5 Å². The topological polar surface area (TPSA) is 67.9 Å². The van der Waals surface area contributed by atoms with Gasteiger partial charge in [-0.2, -0.15) is 0 Å². The molecule has 3 rings (SSSR count). The molecule has 30 heavy (non-hydrogen) atoms. The van der Waals surface area contributed by atoms with Gasteiger partial charge in [0.15, 0.2) is 18.1 Å². The molecule has 1 fully saturated rings. The lowest BCUT2D eigenvalue weighted by molar-refractivity contribution is -0.134. The van der Waals surface area contributed by atoms with Gasteiger partial charge in [0.25, 0.3) is 11.8 Å². The highest BCUT2D eigenvalue weighted by atomic mass is 35.5. The lowest BCUT2D eigenvalue weighted by Gasteiger charge is -2.26. The SMILES string of the molecule is CCOc1cc(C(=O)Nc2cc(Cl)ccc2C)ccc1OCC(=O)N1CCCCC1. The number of carbonyl (C=O) groups is 2. The molecule has 0 unspecified atom stereocenters. The van der Waals surface area contributed by atoms with Crippen molar-refractivity contribution in [2.75, 3.05) is 31.6 Å². The van der Waals surface area contributed by atoms with Crippen molar-refractivity contribution < 1.29 is 19.1 Å². The van der Waals surface area contributed by atoms with E-state index in [-0.39, 0.29) is 18.4 Å². The second kappa shape index (κ2) is 10.3. The molecule has 0 spiro atoms. The molecule has 1 aliphatic rings. The highest BCUT2D eigenvalue weighted by Gasteiger charge is 2.18. The van der Waals surface area contributed by atoms with E-state index in [0.29, 0.717) is 34.4 Å². The minimum atomic E-state index is -0.280. The lowest BCUT2D eigenvalue weighted by Crippen LogP contribution is -2.38. The molecule has 2 aromatic carbocycles. The average molecular weight is 431 g/mol. The third kappa shape index (κ3) is 5.66. The molecule has 0 aromatic heterocycles. The maximum atomic E-state index is 12.7. The van der Waals surface area contributed by atoms with Crippen molar-refractivity contribution >= 4 is 29.1 Å². The molecule has 0 saturated carbocycles. The number of nitrogens with one attached hydrogen (secondary N) is 1. The van der Waals surface area contributed by atoms with Crippen LogP contribution in [-0.2, 0) is 4.79 Å². The molecule has 0 aliphatic carbocycles. The molecule has 1 aliphatic heterocycles. The number of halogens is 1. The van der Waals surface area contributed by atoms with E-state index < -0.39 is 0 Å². The molecule has 6 nitrogen and oxygen atoms in total. The summed E-state index contributed by atoms with van der Waals surface area (Å²) in [5, 5.41) is 3.42. The van der Waals surface area contributed by atoms with Gasteiger partial charge in [0.1, 0.15) is 0 Å². The Balaban J connectivity index is 1.70. The fourth-order valence-corrected chi connectivity index (χ4v) is 3.51. The van der Waals surface area contributed by atoms with Crippen LogP contribution in [0.1, 0.15) is 42.1 Å². The molecule has 1 heterocycles. The number of likely N-dealkylation sites (tertiary alicyclic amines) is 1. The molecule has 160 valence electrons. The smallest absolute Gasteiger partial charge is 0.260 e. The number of rotatable bonds is 7. The first-order valence-electron chi connectivity index (χ1n) is 10.2. The van der Waals surface area contributed by atoms with Crippen LogP contribution in [0.2, 0.25) is 5.02 Å². The number of hydrogen-bond acceptors (Lipinski definition) is 4. The summed E-state index contributed by atoms with van der Waals surface area (Å²) < 4.78 is 11.4. The van der Waals surface area contributed by atoms with Crippen molar-refractivity contribution in [3.8, 4) is 11.5 Å². The summed E-state index contributed by atoms with van der Waals surface area (Å²) in [6, 6.07) is 10.3. The molecule has 2 amide bonds. The van der Waals surface area contributed by atoms with Gasteiger partial charge in [0.05, 0.1) is 6.61 Å². The number of hydrogen-bond donors (Lipinski definition) is 1. The number of amides is 2. The molecule has 0 radical (unpaired) electrons. The second-order valence-corrected chi connectivity index (χ2v) is 7.67. The highest BCUT2D eigenvalue weighted by molar-refractivity contribution is 6.31. The van der Waals surface area contributed by atoms with E-state index in [2.05, 4.69) is 5.32 Å². The third-order valence-corrected chi connectivity index (χ3v) is 5.25. The first kappa shape index (κ1) is 22.0. The van der Waals surface area contributed by atoms with Gasteiger partial charge in [0.2, 0.25) is 0 Å². The molecule has 1 saturated heterocycles. The van der Waals surface area contributed by atoms with Crippen LogP contribution in [-0.4, -0.2) is 43.0 Å². The van der Waals surface area contributed by atoms with Gasteiger partial charge in [-0.25, -0.2) is 0 Å². The largest absolute Gasteiger partial charge is 0.490 e. The van der Waals surface area contributed by atoms with Crippen molar-refractivity contribution in [1.82, 2.24) is 4.90 Å². The number of aryl methyl sites for hydroxylation is 1. The molecular formula is C23H27ClN2O4. The van der Waals surface area contributed by atoms with E-state index in [4.69, 9.17) is 21.1 Å². The standard InChI is InChI=1S/C23H27ClN2O4/c1-3-29-21-13-17(23(28)25-19-14-18(24)9-7-16(19)2)8-10-20(21)30-15-22(27)26-11-5-4-6-12-26/h7-10,13-14H,3-6,11-12,15H2,1-2H3,(H,25,28). The summed E-state index contributed by atoms with van der Waals surface area (Å²) in [4.78, 5) is 26.9. The van der Waals surface area contributed by atoms with Crippen LogP contribution < -0.4 is 14.8 Å². The zero-order chi connectivity index (χ0) is 21.5. The molecule has 1 N–H and O–H groups in total.